The molecule has 0 aliphatic heterocycles. The SMILES string of the molecule is COc1cc(C2=CC3=C(C=CCC3)C3C=CC=CC23)nc(-c2ccccc2O)n1. The van der Waals surface area contributed by atoms with Crippen molar-refractivity contribution in [2.24, 2.45) is 11.8 Å². The van der Waals surface area contributed by atoms with Crippen LogP contribution in [0, 0.1) is 11.8 Å². The quantitative estimate of drug-likeness (QED) is 0.787. The summed E-state index contributed by atoms with van der Waals surface area (Å²) in [6.07, 6.45) is 17.7. The molecule has 1 aromatic heterocycles. The van der Waals surface area contributed by atoms with Crippen molar-refractivity contribution in [3.8, 4) is 23.0 Å². The third-order valence-electron chi connectivity index (χ3n) is 5.78. The predicted molar refractivity (Wildman–Crippen MR) is 114 cm³/mol. The van der Waals surface area contributed by atoms with Crippen LogP contribution in [-0.4, -0.2) is 22.2 Å². The second-order valence-electron chi connectivity index (χ2n) is 7.48. The number of allylic oxidation sites excluding steroid dienone is 10. The Labute approximate surface area is 170 Å². The molecule has 0 bridgehead atoms. The Morgan fingerprint density at radius 1 is 1.07 bits per heavy atom. The van der Waals surface area contributed by atoms with Gasteiger partial charge in [-0.2, -0.15) is 4.98 Å². The maximum absolute atomic E-state index is 10.3. The van der Waals surface area contributed by atoms with Crippen molar-refractivity contribution in [2.45, 2.75) is 12.8 Å². The van der Waals surface area contributed by atoms with Crippen LogP contribution in [0.1, 0.15) is 18.5 Å². The van der Waals surface area contributed by atoms with E-state index < -0.39 is 0 Å². The molecule has 5 rings (SSSR count). The average molecular weight is 382 g/mol. The van der Waals surface area contributed by atoms with Crippen LogP contribution in [0.5, 0.6) is 11.6 Å². The van der Waals surface area contributed by atoms with Gasteiger partial charge >= 0.3 is 0 Å². The Morgan fingerprint density at radius 2 is 1.90 bits per heavy atom. The number of aromatic hydroxyl groups is 1. The van der Waals surface area contributed by atoms with Gasteiger partial charge < -0.3 is 9.84 Å². The molecule has 4 heteroatoms. The number of phenolic OH excluding ortho intramolecular Hbond substituents is 1. The molecule has 3 aliphatic carbocycles. The number of ether oxygens (including phenoxy) is 1. The van der Waals surface area contributed by atoms with Crippen LogP contribution in [0.2, 0.25) is 0 Å². The van der Waals surface area contributed by atoms with Gasteiger partial charge in [0.15, 0.2) is 5.82 Å². The number of benzene rings is 1. The van der Waals surface area contributed by atoms with E-state index in [9.17, 15) is 5.11 Å². The van der Waals surface area contributed by atoms with Gasteiger partial charge in [-0.3, -0.25) is 0 Å². The number of phenols is 1. The van der Waals surface area contributed by atoms with E-state index in [1.165, 1.54) is 16.7 Å². The Kier molecular flexibility index (Phi) is 4.39. The molecule has 2 atom stereocenters. The number of fused-ring (bicyclic) bond motifs is 2. The van der Waals surface area contributed by atoms with Gasteiger partial charge in [-0.1, -0.05) is 54.7 Å². The molecule has 0 amide bonds. The van der Waals surface area contributed by atoms with Gasteiger partial charge in [0.2, 0.25) is 5.88 Å². The molecule has 2 unspecified atom stereocenters. The number of rotatable bonds is 3. The minimum atomic E-state index is 0.158. The Morgan fingerprint density at radius 3 is 2.72 bits per heavy atom. The lowest BCUT2D eigenvalue weighted by atomic mass is 9.70. The lowest BCUT2D eigenvalue weighted by molar-refractivity contribution is 0.397. The van der Waals surface area contributed by atoms with Gasteiger partial charge in [0.05, 0.1) is 18.4 Å². The zero-order valence-electron chi connectivity index (χ0n) is 16.2. The number of aromatic nitrogens is 2. The maximum atomic E-state index is 10.3. The van der Waals surface area contributed by atoms with E-state index in [-0.39, 0.29) is 11.7 Å². The van der Waals surface area contributed by atoms with Gasteiger partial charge in [-0.25, -0.2) is 4.98 Å². The molecule has 2 aromatic rings. The third kappa shape index (κ3) is 3.11. The van der Waals surface area contributed by atoms with Gasteiger partial charge in [0.1, 0.15) is 5.75 Å². The molecular formula is C25H22N2O2. The number of nitrogens with zero attached hydrogens (tertiary/aromatic N) is 2. The topological polar surface area (TPSA) is 55.2 Å². The smallest absolute Gasteiger partial charge is 0.217 e. The zero-order valence-corrected chi connectivity index (χ0v) is 16.2. The molecule has 29 heavy (non-hydrogen) atoms. The summed E-state index contributed by atoms with van der Waals surface area (Å²) in [7, 11) is 1.61. The summed E-state index contributed by atoms with van der Waals surface area (Å²) >= 11 is 0. The van der Waals surface area contributed by atoms with Crippen molar-refractivity contribution in [1.29, 1.82) is 0 Å². The summed E-state index contributed by atoms with van der Waals surface area (Å²) in [5.41, 5.74) is 5.39. The second-order valence-corrected chi connectivity index (χ2v) is 7.48. The van der Waals surface area contributed by atoms with Crippen LogP contribution in [0.4, 0.5) is 0 Å². The molecule has 1 heterocycles. The molecular weight excluding hydrogens is 360 g/mol. The average Bonchev–Trinajstić information content (AvgIpc) is 2.78. The molecule has 4 nitrogen and oxygen atoms in total. The van der Waals surface area contributed by atoms with Crippen molar-refractivity contribution >= 4 is 5.57 Å². The Hall–Kier alpha value is -3.40. The first-order chi connectivity index (χ1) is 14.2. The van der Waals surface area contributed by atoms with E-state index in [0.717, 1.165) is 18.5 Å². The molecule has 0 spiro atoms. The van der Waals surface area contributed by atoms with E-state index in [2.05, 4.69) is 47.5 Å². The highest BCUT2D eigenvalue weighted by Crippen LogP contribution is 2.45. The molecule has 0 saturated heterocycles. The highest BCUT2D eigenvalue weighted by atomic mass is 16.5. The molecule has 0 saturated carbocycles. The largest absolute Gasteiger partial charge is 0.507 e. The van der Waals surface area contributed by atoms with Crippen LogP contribution >= 0.6 is 0 Å². The monoisotopic (exact) mass is 382 g/mol. The van der Waals surface area contributed by atoms with E-state index in [1.807, 2.05) is 18.2 Å². The number of methoxy groups -OCH3 is 1. The second kappa shape index (κ2) is 7.21. The first kappa shape index (κ1) is 17.7. The van der Waals surface area contributed by atoms with E-state index in [4.69, 9.17) is 9.72 Å². The van der Waals surface area contributed by atoms with Crippen molar-refractivity contribution in [1.82, 2.24) is 9.97 Å². The van der Waals surface area contributed by atoms with Crippen molar-refractivity contribution in [3.63, 3.8) is 0 Å². The number of hydrogen-bond donors (Lipinski definition) is 1. The van der Waals surface area contributed by atoms with Crippen molar-refractivity contribution in [3.05, 3.63) is 89.7 Å². The fourth-order valence-corrected chi connectivity index (χ4v) is 4.37. The number of hydrogen-bond acceptors (Lipinski definition) is 4. The van der Waals surface area contributed by atoms with E-state index in [1.54, 1.807) is 19.2 Å². The molecule has 0 radical (unpaired) electrons. The zero-order chi connectivity index (χ0) is 19.8. The lowest BCUT2D eigenvalue weighted by Crippen LogP contribution is -2.22. The minimum absolute atomic E-state index is 0.158. The van der Waals surface area contributed by atoms with Gasteiger partial charge in [0, 0.05) is 17.9 Å². The van der Waals surface area contributed by atoms with Crippen LogP contribution in [0.25, 0.3) is 17.0 Å². The standard InChI is InChI=1S/C25H22N2O2/c1-29-24-15-22(26-25(27-24)20-12-6-7-13-23(20)28)21-14-16-8-2-3-9-17(16)18-10-4-5-11-19(18)21/h3-7,9-15,18-19,28H,2,8H2,1H3. The van der Waals surface area contributed by atoms with Crippen LogP contribution in [0.15, 0.2) is 84.0 Å². The van der Waals surface area contributed by atoms with E-state index >= 15 is 0 Å². The summed E-state index contributed by atoms with van der Waals surface area (Å²) in [6, 6.07) is 9.02. The molecule has 0 fully saturated rings. The Balaban J connectivity index is 1.68. The summed E-state index contributed by atoms with van der Waals surface area (Å²) in [6.45, 7) is 0. The first-order valence-electron chi connectivity index (χ1n) is 9.92. The summed E-state index contributed by atoms with van der Waals surface area (Å²) in [4.78, 5) is 9.33. The summed E-state index contributed by atoms with van der Waals surface area (Å²) in [5, 5.41) is 10.3. The Bertz CT molecular complexity index is 1120. The third-order valence-corrected chi connectivity index (χ3v) is 5.78. The highest BCUT2D eigenvalue weighted by Gasteiger charge is 2.32. The van der Waals surface area contributed by atoms with E-state index in [0.29, 0.717) is 23.2 Å². The summed E-state index contributed by atoms with van der Waals surface area (Å²) in [5.74, 6) is 1.66. The fourth-order valence-electron chi connectivity index (χ4n) is 4.37. The maximum Gasteiger partial charge on any atom is 0.217 e. The van der Waals surface area contributed by atoms with Crippen molar-refractivity contribution in [2.75, 3.05) is 7.11 Å². The van der Waals surface area contributed by atoms with Crippen molar-refractivity contribution < 1.29 is 9.84 Å². The van der Waals surface area contributed by atoms with Crippen LogP contribution < -0.4 is 4.74 Å². The summed E-state index contributed by atoms with van der Waals surface area (Å²) < 4.78 is 5.48. The lowest BCUT2D eigenvalue weighted by Gasteiger charge is -2.34. The van der Waals surface area contributed by atoms with Crippen LogP contribution in [0.3, 0.4) is 0 Å². The normalized spacial score (nSPS) is 22.2. The van der Waals surface area contributed by atoms with Gasteiger partial charge in [-0.15, -0.1) is 0 Å². The number of para-hydroxylation sites is 1. The molecule has 3 aliphatic rings. The molecule has 144 valence electrons. The molecule has 1 N–H and O–H groups in total. The highest BCUT2D eigenvalue weighted by molar-refractivity contribution is 5.76. The van der Waals surface area contributed by atoms with Gasteiger partial charge in [0.25, 0.3) is 0 Å². The minimum Gasteiger partial charge on any atom is -0.507 e. The fraction of sp³-hybridized carbons (Fsp3) is 0.200. The van der Waals surface area contributed by atoms with Crippen LogP contribution in [-0.2, 0) is 0 Å². The first-order valence-corrected chi connectivity index (χ1v) is 9.92. The predicted octanol–water partition coefficient (Wildman–Crippen LogP) is 5.26. The molecule has 1 aromatic carbocycles. The van der Waals surface area contributed by atoms with Gasteiger partial charge in [-0.05, 0) is 41.7 Å².